The van der Waals surface area contributed by atoms with Gasteiger partial charge in [0.1, 0.15) is 5.75 Å². The number of anilines is 1. The third-order valence-electron chi connectivity index (χ3n) is 6.48. The van der Waals surface area contributed by atoms with Gasteiger partial charge in [-0.05, 0) is 51.2 Å². The van der Waals surface area contributed by atoms with E-state index < -0.39 is 0 Å². The highest BCUT2D eigenvalue weighted by molar-refractivity contribution is 5.93. The van der Waals surface area contributed by atoms with Gasteiger partial charge in [-0.2, -0.15) is 0 Å². The Kier molecular flexibility index (Phi) is 6.19. The molecule has 0 saturated heterocycles. The summed E-state index contributed by atoms with van der Waals surface area (Å²) in [6.45, 7) is 7.52. The molecule has 1 unspecified atom stereocenters. The first kappa shape index (κ1) is 21.0. The van der Waals surface area contributed by atoms with Crippen LogP contribution in [0.1, 0.15) is 58.4 Å². The van der Waals surface area contributed by atoms with Crippen LogP contribution >= 0.6 is 0 Å². The Labute approximate surface area is 181 Å². The van der Waals surface area contributed by atoms with Crippen molar-refractivity contribution >= 4 is 11.3 Å². The summed E-state index contributed by atoms with van der Waals surface area (Å²) in [6, 6.07) is 14.8. The molecule has 0 radical (unpaired) electrons. The van der Waals surface area contributed by atoms with E-state index in [4.69, 9.17) is 9.47 Å². The summed E-state index contributed by atoms with van der Waals surface area (Å²) in [5.74, 6) is 1.61. The van der Waals surface area contributed by atoms with Gasteiger partial charge in [0.2, 0.25) is 0 Å². The minimum absolute atomic E-state index is 0.0694. The molecule has 2 aliphatic rings. The predicted octanol–water partition coefficient (Wildman–Crippen LogP) is 6.94. The van der Waals surface area contributed by atoms with Gasteiger partial charge in [-0.1, -0.05) is 61.7 Å². The lowest BCUT2D eigenvalue weighted by Gasteiger charge is -2.36. The van der Waals surface area contributed by atoms with E-state index in [9.17, 15) is 0 Å². The molecular weight excluding hydrogens is 370 g/mol. The average molecular weight is 406 g/mol. The average Bonchev–Trinajstić information content (AvgIpc) is 2.76. The normalized spacial score (nSPS) is 19.4. The summed E-state index contributed by atoms with van der Waals surface area (Å²) in [7, 11) is 1.73. The van der Waals surface area contributed by atoms with Crippen LogP contribution in [0.2, 0.25) is 0 Å². The first-order valence-electron chi connectivity index (χ1n) is 11.4. The number of ether oxygens (including phenoxy) is 2. The van der Waals surface area contributed by atoms with E-state index >= 15 is 0 Å². The highest BCUT2D eigenvalue weighted by atomic mass is 16.5. The zero-order valence-electron chi connectivity index (χ0n) is 18.8. The molecule has 1 aliphatic heterocycles. The zero-order chi connectivity index (χ0) is 21.1. The second-order valence-corrected chi connectivity index (χ2v) is 9.35. The Hall–Kier alpha value is -2.26. The fourth-order valence-electron chi connectivity index (χ4n) is 4.90. The fraction of sp³-hybridized carbons (Fsp3) is 0.481. The van der Waals surface area contributed by atoms with Crippen molar-refractivity contribution in [2.45, 2.75) is 64.5 Å². The molecule has 1 saturated carbocycles. The number of methoxy groups -OCH3 is 1. The van der Waals surface area contributed by atoms with Crippen molar-refractivity contribution in [3.63, 3.8) is 0 Å². The smallest absolute Gasteiger partial charge is 0.126 e. The molecule has 1 atom stereocenters. The summed E-state index contributed by atoms with van der Waals surface area (Å²) in [5, 5.41) is 3.76. The predicted molar refractivity (Wildman–Crippen MR) is 126 cm³/mol. The van der Waals surface area contributed by atoms with E-state index in [2.05, 4.69) is 62.5 Å². The van der Waals surface area contributed by atoms with Crippen molar-refractivity contribution in [1.29, 1.82) is 0 Å². The molecule has 2 aromatic rings. The summed E-state index contributed by atoms with van der Waals surface area (Å²) < 4.78 is 12.1. The van der Waals surface area contributed by atoms with Gasteiger partial charge in [0, 0.05) is 16.7 Å². The molecule has 1 N–H and O–H groups in total. The maximum atomic E-state index is 6.44. The van der Waals surface area contributed by atoms with Gasteiger partial charge in [0.25, 0.3) is 0 Å². The van der Waals surface area contributed by atoms with Gasteiger partial charge in [-0.3, -0.25) is 0 Å². The first-order valence-corrected chi connectivity index (χ1v) is 11.4. The quantitative estimate of drug-likeness (QED) is 0.565. The van der Waals surface area contributed by atoms with Crippen LogP contribution in [0.15, 0.2) is 48.5 Å². The van der Waals surface area contributed by atoms with Crippen LogP contribution in [-0.2, 0) is 4.74 Å². The Morgan fingerprint density at radius 3 is 2.43 bits per heavy atom. The number of benzene rings is 2. The largest absolute Gasteiger partial charge is 0.496 e. The molecule has 1 heterocycles. The molecule has 160 valence electrons. The summed E-state index contributed by atoms with van der Waals surface area (Å²) >= 11 is 0. The number of fused-ring (bicyclic) bond motifs is 1. The molecule has 0 bridgehead atoms. The molecular formula is C27H35NO2. The molecule has 1 aliphatic carbocycles. The molecule has 3 heteroatoms. The number of hydrogen-bond donors (Lipinski definition) is 1. The maximum absolute atomic E-state index is 6.44. The third kappa shape index (κ3) is 4.41. The topological polar surface area (TPSA) is 30.5 Å². The van der Waals surface area contributed by atoms with Gasteiger partial charge in [-0.25, -0.2) is 0 Å². The van der Waals surface area contributed by atoms with Crippen molar-refractivity contribution in [2.24, 2.45) is 5.92 Å². The van der Waals surface area contributed by atoms with Gasteiger partial charge in [0.05, 0.1) is 31.0 Å². The van der Waals surface area contributed by atoms with Crippen molar-refractivity contribution in [1.82, 2.24) is 0 Å². The Morgan fingerprint density at radius 2 is 1.67 bits per heavy atom. The highest BCUT2D eigenvalue weighted by Gasteiger charge is 2.30. The van der Waals surface area contributed by atoms with Crippen molar-refractivity contribution in [3.05, 3.63) is 54.1 Å². The van der Waals surface area contributed by atoms with E-state index in [1.807, 2.05) is 12.1 Å². The second kappa shape index (κ2) is 8.85. The lowest BCUT2D eigenvalue weighted by Crippen LogP contribution is -2.34. The summed E-state index contributed by atoms with van der Waals surface area (Å²) in [6.07, 6.45) is 9.13. The summed E-state index contributed by atoms with van der Waals surface area (Å²) in [5.41, 5.74) is 5.80. The monoisotopic (exact) mass is 405 g/mol. The molecule has 30 heavy (non-hydrogen) atoms. The first-order chi connectivity index (χ1) is 14.5. The molecule has 1 fully saturated rings. The molecule has 4 rings (SSSR count). The molecule has 0 aromatic heterocycles. The second-order valence-electron chi connectivity index (χ2n) is 9.35. The van der Waals surface area contributed by atoms with E-state index in [0.29, 0.717) is 0 Å². The molecule has 0 spiro atoms. The minimum Gasteiger partial charge on any atom is -0.496 e. The van der Waals surface area contributed by atoms with Crippen LogP contribution in [0.25, 0.3) is 16.7 Å². The van der Waals surface area contributed by atoms with Crippen molar-refractivity contribution in [3.8, 4) is 16.9 Å². The molecule has 3 nitrogen and oxygen atoms in total. The van der Waals surface area contributed by atoms with Gasteiger partial charge in [-0.15, -0.1) is 0 Å². The van der Waals surface area contributed by atoms with E-state index in [1.165, 1.54) is 48.8 Å². The van der Waals surface area contributed by atoms with Crippen LogP contribution in [0.5, 0.6) is 5.75 Å². The number of hydrogen-bond acceptors (Lipinski definition) is 3. The summed E-state index contributed by atoms with van der Waals surface area (Å²) in [4.78, 5) is 0. The van der Waals surface area contributed by atoms with E-state index in [-0.39, 0.29) is 11.6 Å². The SMILES string of the molecule is COc1ccccc1-c1cccc2c1NC(C)(C)C=C2C(C)OCC1CCCCC1. The van der Waals surface area contributed by atoms with Crippen LogP contribution in [0.3, 0.4) is 0 Å². The number of nitrogens with one attached hydrogen (secondary N) is 1. The highest BCUT2D eigenvalue weighted by Crippen LogP contribution is 2.44. The maximum Gasteiger partial charge on any atom is 0.126 e. The van der Waals surface area contributed by atoms with Crippen molar-refractivity contribution < 1.29 is 9.47 Å². The number of rotatable bonds is 6. The Morgan fingerprint density at radius 1 is 0.967 bits per heavy atom. The van der Waals surface area contributed by atoms with Gasteiger partial charge >= 0.3 is 0 Å². The lowest BCUT2D eigenvalue weighted by atomic mass is 9.85. The minimum atomic E-state index is -0.150. The zero-order valence-corrected chi connectivity index (χ0v) is 18.8. The van der Waals surface area contributed by atoms with Crippen LogP contribution in [0.4, 0.5) is 5.69 Å². The van der Waals surface area contributed by atoms with Crippen LogP contribution < -0.4 is 10.1 Å². The van der Waals surface area contributed by atoms with Crippen LogP contribution in [-0.4, -0.2) is 25.4 Å². The third-order valence-corrected chi connectivity index (χ3v) is 6.48. The van der Waals surface area contributed by atoms with Gasteiger partial charge in [0.15, 0.2) is 0 Å². The lowest BCUT2D eigenvalue weighted by molar-refractivity contribution is 0.0608. The standard InChI is InChI=1S/C27H35NO2/c1-19(30-18-20-11-6-5-7-12-20)24-17-27(2,3)28-26-22(14-10-15-23(24)26)21-13-8-9-16-25(21)29-4/h8-10,13-17,19-20,28H,5-7,11-12,18H2,1-4H3. The van der Waals surface area contributed by atoms with Crippen molar-refractivity contribution in [2.75, 3.05) is 19.0 Å². The fourth-order valence-corrected chi connectivity index (χ4v) is 4.90. The molecule has 0 amide bonds. The van der Waals surface area contributed by atoms with E-state index in [0.717, 1.165) is 29.5 Å². The van der Waals surface area contributed by atoms with E-state index in [1.54, 1.807) is 7.11 Å². The Bertz CT molecular complexity index is 909. The van der Waals surface area contributed by atoms with Crippen LogP contribution in [0, 0.1) is 5.92 Å². The molecule has 2 aromatic carbocycles. The number of para-hydroxylation sites is 2. The van der Waals surface area contributed by atoms with Gasteiger partial charge < -0.3 is 14.8 Å². The Balaban J connectivity index is 1.66.